The number of rotatable bonds is 49. The van der Waals surface area contributed by atoms with Crippen LogP contribution in [0.15, 0.2) is 54.6 Å². The van der Waals surface area contributed by atoms with Gasteiger partial charge in [-0.05, 0) is 111 Å². The molecule has 0 bridgehead atoms. The molecular weight excluding hydrogens is 1560 g/mol. The Kier molecular flexibility index (Phi) is 45.5. The van der Waals surface area contributed by atoms with Gasteiger partial charge in [0.1, 0.15) is 42.9 Å². The van der Waals surface area contributed by atoms with Crippen LogP contribution >= 0.6 is 12.6 Å². The first-order valence-corrected chi connectivity index (χ1v) is 41.6. The number of nitrogens with two attached hydrogens (primary N) is 3. The maximum atomic E-state index is 14.8. The number of urea groups is 2. The fourth-order valence-electron chi connectivity index (χ4n) is 14.2. The summed E-state index contributed by atoms with van der Waals surface area (Å²) in [5, 5.41) is 44.1. The number of thiol groups is 1. The number of unbranched alkanes of at least 4 members (excludes halogenated alkanes) is 2. The zero-order chi connectivity index (χ0) is 89.7. The number of ether oxygens (including phenoxy) is 3. The minimum absolute atomic E-state index is 0.0885. The van der Waals surface area contributed by atoms with Crippen LogP contribution in [0.2, 0.25) is 0 Å². The summed E-state index contributed by atoms with van der Waals surface area (Å²) >= 11 is 3.92. The summed E-state index contributed by atoms with van der Waals surface area (Å²) in [6, 6.07) is 5.12. The number of amides is 16. The van der Waals surface area contributed by atoms with Crippen molar-refractivity contribution in [1.29, 1.82) is 0 Å². The molecule has 17 N–H and O–H groups in total. The van der Waals surface area contributed by atoms with E-state index in [4.69, 9.17) is 31.4 Å². The lowest BCUT2D eigenvalue weighted by molar-refractivity contribution is -0.148. The third kappa shape index (κ3) is 33.8. The van der Waals surface area contributed by atoms with Crippen LogP contribution in [0.1, 0.15) is 190 Å². The van der Waals surface area contributed by atoms with Crippen LogP contribution < -0.4 is 65.1 Å². The van der Waals surface area contributed by atoms with E-state index in [9.17, 15) is 82.1 Å². The summed E-state index contributed by atoms with van der Waals surface area (Å²) in [5.41, 5.74) is 17.3. The van der Waals surface area contributed by atoms with Crippen molar-refractivity contribution < 1.29 is 96.3 Å². The third-order valence-corrected chi connectivity index (χ3v) is 21.7. The topological polar surface area (TPSA) is 523 Å². The molecule has 0 spiro atoms. The van der Waals surface area contributed by atoms with E-state index in [1.54, 1.807) is 122 Å². The molecule has 0 aliphatic carbocycles. The minimum Gasteiger partial charge on any atom is -0.480 e. The first kappa shape index (κ1) is 103. The molecule has 2 fully saturated rings. The second-order valence-corrected chi connectivity index (χ2v) is 32.3. The average molecular weight is 1700 g/mol. The fraction of sp³-hybridized carbons (Fsp3) is 0.671. The molecule has 0 aromatic heterocycles. The average Bonchev–Trinajstić information content (AvgIpc) is 1.79. The number of anilines is 1. The van der Waals surface area contributed by atoms with E-state index in [1.807, 2.05) is 32.0 Å². The van der Waals surface area contributed by atoms with Gasteiger partial charge in [0.05, 0.1) is 54.8 Å². The van der Waals surface area contributed by atoms with Gasteiger partial charge >= 0.3 is 24.1 Å². The fourth-order valence-corrected chi connectivity index (χ4v) is 14.4. The van der Waals surface area contributed by atoms with Gasteiger partial charge in [0, 0.05) is 85.2 Å². The van der Waals surface area contributed by atoms with E-state index < -0.39 is 156 Å². The van der Waals surface area contributed by atoms with Crippen LogP contribution in [-0.2, 0) is 78.4 Å². The summed E-state index contributed by atoms with van der Waals surface area (Å²) in [6.45, 7) is 22.3. The number of aliphatic hydroxyl groups excluding tert-OH is 1. The Morgan fingerprint density at radius 1 is 0.622 bits per heavy atom. The number of carbonyl (C=O) groups excluding carboxylic acids is 14. The van der Waals surface area contributed by atoms with Crippen LogP contribution in [0.4, 0.5) is 20.1 Å². The van der Waals surface area contributed by atoms with E-state index >= 15 is 0 Å². The Labute approximate surface area is 705 Å². The molecule has 2 aromatic rings. The Hall–Kier alpha value is -9.72. The van der Waals surface area contributed by atoms with Gasteiger partial charge in [-0.1, -0.05) is 131 Å². The zero-order valence-corrected chi connectivity index (χ0v) is 72.9. The molecule has 2 aromatic carbocycles. The standard InChI is InChI=1S/C68H107N11O15.C14H27N5O5S/c1-15-43(8)59(51(92-13)38-55(83)78-37-23-27-50(78)61(93-14)44(9)62(85)71-45(10)60(84)47-24-18-16-19-25-47)76(11)66(89)57(41(4)5)75-65(88)58(42(6)7)77(12)68(91)94-39-46-29-31-48(32-30-46)72-63(86)49(26-22-35-70-67(69)90)73-64(87)56(40(2)3)74-52(80)28-20-17-21-36-79-53(81)33-34-54(79)82;1-7(2)10(19-11(20)8(15)6-25)12(21)18-9(13(22)23)4-3-5-17-14(16)24/h16,18-19,24-25,29-32,40-45,49-51,56-61,84H,15,17,20-23,26-28,33-39H2,1-14H3,(H,71,85)(H,72,86)(H,73,87)(H,74,80)(H,75,88)(H3,69,70,90);7-10,25H,3-6,15H2,1-2H3,(H,18,21)(H,19,20)(H,22,23)(H3,16,17,24)/t43-,44+,45+,49-,50-,51+,56-,57-,58-,59-,60+,61+;8-,9-,10-/m00/s1. The summed E-state index contributed by atoms with van der Waals surface area (Å²) < 4.78 is 17.8. The maximum absolute atomic E-state index is 14.8. The minimum atomic E-state index is -1.21. The number of hydrogen-bond donors (Lipinski definition) is 15. The third-order valence-electron chi connectivity index (χ3n) is 21.3. The molecule has 2 saturated heterocycles. The van der Waals surface area contributed by atoms with Crippen LogP contribution in [0.5, 0.6) is 0 Å². The number of carboxylic acid groups (broad SMARTS) is 1. The molecule has 0 radical (unpaired) electrons. The lowest BCUT2D eigenvalue weighted by Crippen LogP contribution is -2.60. The number of benzene rings is 2. The highest BCUT2D eigenvalue weighted by Crippen LogP contribution is 2.31. The highest BCUT2D eigenvalue weighted by molar-refractivity contribution is 7.80. The lowest BCUT2D eigenvalue weighted by atomic mass is 9.89. The van der Waals surface area contributed by atoms with Crippen LogP contribution in [0.25, 0.3) is 0 Å². The second kappa shape index (κ2) is 52.4. The van der Waals surface area contributed by atoms with Gasteiger partial charge in [0.25, 0.3) is 0 Å². The molecule has 2 heterocycles. The smallest absolute Gasteiger partial charge is 0.410 e. The molecular formula is C82H134N16O20S. The molecule has 0 unspecified atom stereocenters. The largest absolute Gasteiger partial charge is 0.480 e. The van der Waals surface area contributed by atoms with Gasteiger partial charge in [0.15, 0.2) is 0 Å². The van der Waals surface area contributed by atoms with E-state index in [-0.39, 0.29) is 118 Å². The number of aliphatic hydroxyl groups is 1. The van der Waals surface area contributed by atoms with Crippen LogP contribution in [0, 0.1) is 35.5 Å². The second-order valence-electron chi connectivity index (χ2n) is 31.9. The molecule has 668 valence electrons. The number of carboxylic acids is 1. The van der Waals surface area contributed by atoms with E-state index in [1.165, 1.54) is 31.1 Å². The monoisotopic (exact) mass is 1690 g/mol. The number of nitrogens with zero attached hydrogens (tertiary/aromatic N) is 4. The van der Waals surface area contributed by atoms with Gasteiger partial charge in [-0.25, -0.2) is 19.2 Å². The van der Waals surface area contributed by atoms with Gasteiger partial charge in [0.2, 0.25) is 65.0 Å². The summed E-state index contributed by atoms with van der Waals surface area (Å²) in [6.07, 6.45) is 1.46. The molecule has 2 aliphatic rings. The zero-order valence-electron chi connectivity index (χ0n) is 72.0. The highest BCUT2D eigenvalue weighted by Gasteiger charge is 2.45. The SMILES string of the molecule is CC(C)[C@H](NC(=O)[C@@H](N)CS)C(=O)N[C@@H](CCCNC(N)=O)C(=O)O.CC[C@H](C)[C@@H]([C@@H](CC(=O)N1CCC[C@H]1[C@H](OC)[C@@H](C)C(=O)N[C@H](C)[C@@H](O)c1ccccc1)OC)N(C)C(=O)[C@@H](NC(=O)[C@H](C(C)C)N(C)C(=O)OCc1ccc(NC(=O)[C@H](CCCNC(N)=O)NC(=O)[C@@H](NC(=O)CCCCCN2C(=O)CCC2=O)C(C)C)cc1)C(C)C. The Morgan fingerprint density at radius 3 is 1.68 bits per heavy atom. The van der Waals surface area contributed by atoms with Gasteiger partial charge < -0.3 is 99.3 Å². The van der Waals surface area contributed by atoms with E-state index in [0.717, 1.165) is 0 Å². The van der Waals surface area contributed by atoms with Crippen molar-refractivity contribution >= 4 is 107 Å². The number of methoxy groups -OCH3 is 2. The quantitative estimate of drug-likeness (QED) is 0.0255. The summed E-state index contributed by atoms with van der Waals surface area (Å²) in [4.78, 5) is 199. The molecule has 119 heavy (non-hydrogen) atoms. The summed E-state index contributed by atoms with van der Waals surface area (Å²) in [7, 11) is 6.08. The van der Waals surface area contributed by atoms with E-state index in [2.05, 4.69) is 60.5 Å². The van der Waals surface area contributed by atoms with Crippen molar-refractivity contribution in [3.05, 3.63) is 65.7 Å². The first-order valence-electron chi connectivity index (χ1n) is 41.0. The Morgan fingerprint density at radius 2 is 1.17 bits per heavy atom. The van der Waals surface area contributed by atoms with Gasteiger partial charge in [-0.15, -0.1) is 0 Å². The number of nitrogens with one attached hydrogen (secondary N) is 9. The Bertz CT molecular complexity index is 3640. The maximum Gasteiger partial charge on any atom is 0.410 e. The number of carbonyl (C=O) groups is 15. The van der Waals surface area contributed by atoms with Crippen molar-refractivity contribution in [1.82, 2.24) is 62.1 Å². The molecule has 37 heteroatoms. The van der Waals surface area contributed by atoms with Crippen molar-refractivity contribution in [3.8, 4) is 0 Å². The van der Waals surface area contributed by atoms with Gasteiger partial charge in [-0.3, -0.25) is 62.5 Å². The molecule has 36 nitrogen and oxygen atoms in total. The molecule has 4 rings (SSSR count). The molecule has 2 aliphatic heterocycles. The molecule has 16 amide bonds. The predicted octanol–water partition coefficient (Wildman–Crippen LogP) is 3.70. The van der Waals surface area contributed by atoms with Crippen molar-refractivity contribution in [2.45, 2.75) is 258 Å². The predicted molar refractivity (Wildman–Crippen MR) is 448 cm³/mol. The molecule has 0 saturated carbocycles. The lowest BCUT2D eigenvalue weighted by Gasteiger charge is -2.41. The van der Waals surface area contributed by atoms with Crippen molar-refractivity contribution in [3.63, 3.8) is 0 Å². The van der Waals surface area contributed by atoms with Crippen molar-refractivity contribution in [2.75, 3.05) is 65.6 Å². The van der Waals surface area contributed by atoms with Crippen LogP contribution in [0.3, 0.4) is 0 Å². The van der Waals surface area contributed by atoms with E-state index in [0.29, 0.717) is 74.8 Å². The number of hydrogen-bond acceptors (Lipinski definition) is 21. The number of imide groups is 1. The number of likely N-dealkylation sites (N-methyl/N-ethyl adjacent to an activating group) is 2. The first-order chi connectivity index (χ1) is 56.1. The summed E-state index contributed by atoms with van der Waals surface area (Å²) in [5.74, 6) is -8.16. The normalized spacial score (nSPS) is 16.9. The van der Waals surface area contributed by atoms with Crippen LogP contribution in [-0.4, -0.2) is 252 Å². The van der Waals surface area contributed by atoms with Gasteiger partial charge in [-0.2, -0.15) is 12.6 Å². The highest BCUT2D eigenvalue weighted by atomic mass is 32.1. The van der Waals surface area contributed by atoms with Crippen molar-refractivity contribution in [2.24, 2.45) is 52.7 Å². The number of likely N-dealkylation sites (tertiary alicyclic amines) is 2. The molecule has 15 atom stereocenters. The number of primary amides is 2. The Balaban J connectivity index is 0.00000125. The number of aliphatic carboxylic acids is 1.